The molecule has 0 aliphatic heterocycles. The van der Waals surface area contributed by atoms with Gasteiger partial charge in [-0.1, -0.05) is 18.5 Å². The van der Waals surface area contributed by atoms with E-state index in [0.717, 1.165) is 17.8 Å². The predicted molar refractivity (Wildman–Crippen MR) is 68.5 cm³/mol. The maximum atomic E-state index is 8.73. The van der Waals surface area contributed by atoms with Gasteiger partial charge in [-0.05, 0) is 30.3 Å². The van der Waals surface area contributed by atoms with Gasteiger partial charge in [0.25, 0.3) is 5.82 Å². The minimum absolute atomic E-state index is 0.152. The van der Waals surface area contributed by atoms with Crippen LogP contribution in [0.5, 0.6) is 0 Å². The number of rotatable bonds is 4. The molecular formula is C12H12ClN5. The number of hydrogen-bond donors (Lipinski definition) is 1. The third-order valence-electron chi connectivity index (χ3n) is 2.45. The highest BCUT2D eigenvalue weighted by atomic mass is 35.5. The van der Waals surface area contributed by atoms with Gasteiger partial charge in [-0.2, -0.15) is 5.26 Å². The lowest BCUT2D eigenvalue weighted by atomic mass is 10.2. The Morgan fingerprint density at radius 3 is 3.00 bits per heavy atom. The second-order valence-electron chi connectivity index (χ2n) is 3.68. The van der Waals surface area contributed by atoms with Crippen molar-refractivity contribution in [2.45, 2.75) is 13.5 Å². The molecule has 0 radical (unpaired) electrons. The Hall–Kier alpha value is -1.90. The first-order chi connectivity index (χ1) is 8.74. The highest BCUT2D eigenvalue weighted by molar-refractivity contribution is 6.30. The minimum atomic E-state index is 0.152. The third kappa shape index (κ3) is 2.67. The zero-order valence-electron chi connectivity index (χ0n) is 9.89. The second-order valence-corrected chi connectivity index (χ2v) is 4.11. The van der Waals surface area contributed by atoms with E-state index in [2.05, 4.69) is 15.4 Å². The zero-order chi connectivity index (χ0) is 13.0. The molecule has 18 heavy (non-hydrogen) atoms. The van der Waals surface area contributed by atoms with Crippen molar-refractivity contribution in [2.75, 3.05) is 6.54 Å². The molecule has 92 valence electrons. The highest BCUT2D eigenvalue weighted by Gasteiger charge is 2.08. The van der Waals surface area contributed by atoms with Gasteiger partial charge in [0.15, 0.2) is 0 Å². The quantitative estimate of drug-likeness (QED) is 0.913. The van der Waals surface area contributed by atoms with Crippen LogP contribution in [0.25, 0.3) is 5.69 Å². The van der Waals surface area contributed by atoms with E-state index in [4.69, 9.17) is 16.9 Å². The monoisotopic (exact) mass is 261 g/mol. The van der Waals surface area contributed by atoms with Gasteiger partial charge in [0.1, 0.15) is 12.4 Å². The topological polar surface area (TPSA) is 66.5 Å². The van der Waals surface area contributed by atoms with E-state index in [1.807, 2.05) is 25.1 Å². The van der Waals surface area contributed by atoms with Crippen molar-refractivity contribution in [2.24, 2.45) is 0 Å². The Morgan fingerprint density at radius 2 is 2.33 bits per heavy atom. The molecule has 0 saturated heterocycles. The molecule has 0 atom stereocenters. The van der Waals surface area contributed by atoms with E-state index in [9.17, 15) is 0 Å². The highest BCUT2D eigenvalue weighted by Crippen LogP contribution is 2.19. The van der Waals surface area contributed by atoms with E-state index in [1.54, 1.807) is 10.7 Å². The molecule has 1 aromatic heterocycles. The fourth-order valence-electron chi connectivity index (χ4n) is 1.61. The molecule has 2 aromatic rings. The third-order valence-corrected chi connectivity index (χ3v) is 2.68. The number of nitriles is 1. The Labute approximate surface area is 110 Å². The molecular weight excluding hydrogens is 250 g/mol. The molecule has 0 aliphatic carbocycles. The summed E-state index contributed by atoms with van der Waals surface area (Å²) in [4.78, 5) is 3.89. The van der Waals surface area contributed by atoms with Crippen LogP contribution in [0.15, 0.2) is 24.5 Å². The number of aromatic nitrogens is 3. The van der Waals surface area contributed by atoms with E-state index in [0.29, 0.717) is 11.6 Å². The number of halogens is 1. The van der Waals surface area contributed by atoms with Crippen LogP contribution in [0, 0.1) is 11.3 Å². The summed E-state index contributed by atoms with van der Waals surface area (Å²) < 4.78 is 1.58. The standard InChI is InChI=1S/C12H12ClN5/c1-2-15-7-9-5-10(13)3-4-11(9)18-8-16-12(6-14)17-18/h3-5,8,15H,2,7H2,1H3. The van der Waals surface area contributed by atoms with Gasteiger partial charge in [-0.25, -0.2) is 9.67 Å². The SMILES string of the molecule is CCNCc1cc(Cl)ccc1-n1cnc(C#N)n1. The summed E-state index contributed by atoms with van der Waals surface area (Å²) in [6, 6.07) is 7.45. The summed E-state index contributed by atoms with van der Waals surface area (Å²) in [5.41, 5.74) is 1.88. The number of hydrogen-bond acceptors (Lipinski definition) is 4. The van der Waals surface area contributed by atoms with Gasteiger partial charge in [0.05, 0.1) is 5.69 Å². The van der Waals surface area contributed by atoms with Crippen molar-refractivity contribution in [1.29, 1.82) is 5.26 Å². The minimum Gasteiger partial charge on any atom is -0.313 e. The van der Waals surface area contributed by atoms with Crippen molar-refractivity contribution in [3.8, 4) is 11.8 Å². The van der Waals surface area contributed by atoms with Gasteiger partial charge in [0.2, 0.25) is 0 Å². The van der Waals surface area contributed by atoms with Crippen molar-refractivity contribution in [3.63, 3.8) is 0 Å². The molecule has 0 unspecified atom stereocenters. The maximum Gasteiger partial charge on any atom is 0.252 e. The summed E-state index contributed by atoms with van der Waals surface area (Å²) in [5.74, 6) is 0.152. The lowest BCUT2D eigenvalue weighted by Gasteiger charge is -2.09. The van der Waals surface area contributed by atoms with Crippen LogP contribution in [0.2, 0.25) is 5.02 Å². The fraction of sp³-hybridized carbons (Fsp3) is 0.250. The molecule has 1 aromatic carbocycles. The Balaban J connectivity index is 2.39. The van der Waals surface area contributed by atoms with Gasteiger partial charge < -0.3 is 5.32 Å². The fourth-order valence-corrected chi connectivity index (χ4v) is 1.80. The molecule has 0 saturated carbocycles. The van der Waals surface area contributed by atoms with E-state index in [-0.39, 0.29) is 5.82 Å². The molecule has 0 spiro atoms. The second kappa shape index (κ2) is 5.63. The molecule has 0 aliphatic rings. The molecule has 1 N–H and O–H groups in total. The van der Waals surface area contributed by atoms with Crippen LogP contribution in [0.1, 0.15) is 18.3 Å². The number of nitrogens with one attached hydrogen (secondary N) is 1. The first-order valence-electron chi connectivity index (χ1n) is 5.56. The first kappa shape index (κ1) is 12.6. The normalized spacial score (nSPS) is 10.3. The van der Waals surface area contributed by atoms with Crippen LogP contribution in [-0.4, -0.2) is 21.3 Å². The van der Waals surface area contributed by atoms with Crippen LogP contribution < -0.4 is 5.32 Å². The van der Waals surface area contributed by atoms with Crippen LogP contribution >= 0.6 is 11.6 Å². The molecule has 5 nitrogen and oxygen atoms in total. The lowest BCUT2D eigenvalue weighted by Crippen LogP contribution is -2.14. The molecule has 0 fully saturated rings. The predicted octanol–water partition coefficient (Wildman–Crippen LogP) is 1.90. The summed E-state index contributed by atoms with van der Waals surface area (Å²) >= 11 is 5.99. The van der Waals surface area contributed by atoms with Gasteiger partial charge in [-0.3, -0.25) is 0 Å². The smallest absolute Gasteiger partial charge is 0.252 e. The number of nitrogens with zero attached hydrogens (tertiary/aromatic N) is 4. The summed E-state index contributed by atoms with van der Waals surface area (Å²) in [6.45, 7) is 3.59. The summed E-state index contributed by atoms with van der Waals surface area (Å²) in [5, 5.41) is 16.7. The summed E-state index contributed by atoms with van der Waals surface area (Å²) in [6.07, 6.45) is 1.53. The van der Waals surface area contributed by atoms with Gasteiger partial charge in [-0.15, -0.1) is 5.10 Å². The van der Waals surface area contributed by atoms with Gasteiger partial charge >= 0.3 is 0 Å². The van der Waals surface area contributed by atoms with Crippen LogP contribution in [-0.2, 0) is 6.54 Å². The largest absolute Gasteiger partial charge is 0.313 e. The van der Waals surface area contributed by atoms with Crippen molar-refractivity contribution >= 4 is 11.6 Å². The van der Waals surface area contributed by atoms with Crippen molar-refractivity contribution in [1.82, 2.24) is 20.1 Å². The molecule has 2 rings (SSSR count). The van der Waals surface area contributed by atoms with E-state index < -0.39 is 0 Å². The zero-order valence-corrected chi connectivity index (χ0v) is 10.6. The average molecular weight is 262 g/mol. The Kier molecular flexibility index (Phi) is 3.92. The first-order valence-corrected chi connectivity index (χ1v) is 5.93. The maximum absolute atomic E-state index is 8.73. The Morgan fingerprint density at radius 1 is 1.50 bits per heavy atom. The average Bonchev–Trinajstić information content (AvgIpc) is 2.85. The van der Waals surface area contributed by atoms with Crippen molar-refractivity contribution < 1.29 is 0 Å². The van der Waals surface area contributed by atoms with E-state index in [1.165, 1.54) is 6.33 Å². The lowest BCUT2D eigenvalue weighted by molar-refractivity contribution is 0.716. The summed E-state index contributed by atoms with van der Waals surface area (Å²) in [7, 11) is 0. The molecule has 0 amide bonds. The molecule has 0 bridgehead atoms. The number of benzene rings is 1. The molecule has 1 heterocycles. The van der Waals surface area contributed by atoms with Crippen LogP contribution in [0.4, 0.5) is 0 Å². The van der Waals surface area contributed by atoms with Crippen molar-refractivity contribution in [3.05, 3.63) is 40.9 Å². The van der Waals surface area contributed by atoms with E-state index >= 15 is 0 Å². The van der Waals surface area contributed by atoms with Crippen LogP contribution in [0.3, 0.4) is 0 Å². The Bertz CT molecular complexity index is 584. The van der Waals surface area contributed by atoms with Gasteiger partial charge in [0, 0.05) is 11.6 Å². The molecule has 6 heteroatoms.